The molecule has 0 saturated carbocycles. The van der Waals surface area contributed by atoms with Crippen molar-refractivity contribution in [2.45, 2.75) is 33.1 Å². The van der Waals surface area contributed by atoms with Gasteiger partial charge in [0.25, 0.3) is 5.91 Å². The highest BCUT2D eigenvalue weighted by Crippen LogP contribution is 2.24. The van der Waals surface area contributed by atoms with E-state index >= 15 is 0 Å². The topological polar surface area (TPSA) is 67.2 Å². The molecule has 2 amide bonds. The summed E-state index contributed by atoms with van der Waals surface area (Å²) in [7, 11) is 3.47. The minimum atomic E-state index is -0.200. The van der Waals surface area contributed by atoms with Gasteiger partial charge in [0, 0.05) is 19.8 Å². The van der Waals surface area contributed by atoms with Gasteiger partial charge in [-0.25, -0.2) is 4.68 Å². The zero-order chi connectivity index (χ0) is 21.8. The molecule has 6 heteroatoms. The average Bonchev–Trinajstić information content (AvgIpc) is 3.15. The average molecular weight is 405 g/mol. The molecule has 0 atom stereocenters. The Kier molecular flexibility index (Phi) is 6.35. The summed E-state index contributed by atoms with van der Waals surface area (Å²) in [5.74, 6) is -0.0416. The molecule has 0 unspecified atom stereocenters. The van der Waals surface area contributed by atoms with Crippen molar-refractivity contribution in [1.29, 1.82) is 0 Å². The van der Waals surface area contributed by atoms with Crippen LogP contribution >= 0.6 is 0 Å². The third kappa shape index (κ3) is 4.76. The van der Waals surface area contributed by atoms with E-state index in [4.69, 9.17) is 0 Å². The molecule has 0 aliphatic carbocycles. The molecule has 3 rings (SSSR count). The first-order chi connectivity index (χ1) is 14.3. The zero-order valence-corrected chi connectivity index (χ0v) is 18.1. The number of carbonyl (C=O) groups excluding carboxylic acids is 2. The summed E-state index contributed by atoms with van der Waals surface area (Å²) in [6.07, 6.45) is 1.96. The summed E-state index contributed by atoms with van der Waals surface area (Å²) in [6, 6.07) is 15.4. The van der Waals surface area contributed by atoms with Crippen LogP contribution in [-0.4, -0.2) is 40.6 Å². The van der Waals surface area contributed by atoms with Crippen LogP contribution in [-0.2, 0) is 11.2 Å². The number of anilines is 1. The van der Waals surface area contributed by atoms with Crippen molar-refractivity contribution < 1.29 is 9.59 Å². The summed E-state index contributed by atoms with van der Waals surface area (Å²) in [5, 5.41) is 7.42. The van der Waals surface area contributed by atoms with Crippen LogP contribution in [0.2, 0.25) is 0 Å². The van der Waals surface area contributed by atoms with Crippen molar-refractivity contribution >= 4 is 17.5 Å². The first-order valence-corrected chi connectivity index (χ1v) is 10.0. The van der Waals surface area contributed by atoms with Crippen LogP contribution in [0.1, 0.15) is 46.9 Å². The third-order valence-electron chi connectivity index (χ3n) is 4.94. The van der Waals surface area contributed by atoms with Gasteiger partial charge in [-0.1, -0.05) is 43.7 Å². The van der Waals surface area contributed by atoms with Crippen molar-refractivity contribution in [3.8, 4) is 5.69 Å². The Morgan fingerprint density at radius 3 is 2.23 bits per heavy atom. The van der Waals surface area contributed by atoms with Crippen molar-refractivity contribution in [3.05, 3.63) is 77.1 Å². The van der Waals surface area contributed by atoms with Gasteiger partial charge >= 0.3 is 0 Å². The molecule has 1 N–H and O–H groups in total. The summed E-state index contributed by atoms with van der Waals surface area (Å²) < 4.78 is 1.83. The van der Waals surface area contributed by atoms with Gasteiger partial charge in [-0.3, -0.25) is 9.59 Å². The van der Waals surface area contributed by atoms with E-state index in [1.54, 1.807) is 25.2 Å². The van der Waals surface area contributed by atoms with E-state index in [1.165, 1.54) is 5.56 Å². The van der Waals surface area contributed by atoms with E-state index in [0.717, 1.165) is 16.9 Å². The van der Waals surface area contributed by atoms with Gasteiger partial charge in [-0.15, -0.1) is 0 Å². The fourth-order valence-corrected chi connectivity index (χ4v) is 3.22. The molecule has 30 heavy (non-hydrogen) atoms. The number of likely N-dealkylation sites (N-methyl/N-ethyl adjacent to an activating group) is 1. The standard InChI is InChI=1S/C24H28N4O2/c1-16(2)23-21(15-25-28(23)20-12-6-17(3)7-13-20)24(30)26-19-10-8-18(9-11-19)14-22(29)27(4)5/h6-13,15-16H,14H2,1-5H3,(H,26,30). The molecule has 3 aromatic rings. The Bertz CT molecular complexity index is 1030. The number of aromatic nitrogens is 2. The lowest BCUT2D eigenvalue weighted by molar-refractivity contribution is -0.127. The Labute approximate surface area is 177 Å². The molecular formula is C24H28N4O2. The number of amides is 2. The number of hydrogen-bond donors (Lipinski definition) is 1. The number of aryl methyl sites for hydroxylation is 1. The van der Waals surface area contributed by atoms with E-state index in [9.17, 15) is 9.59 Å². The van der Waals surface area contributed by atoms with Gasteiger partial charge in [0.05, 0.1) is 29.6 Å². The van der Waals surface area contributed by atoms with Crippen molar-refractivity contribution in [2.75, 3.05) is 19.4 Å². The quantitative estimate of drug-likeness (QED) is 0.670. The molecule has 1 heterocycles. The zero-order valence-electron chi connectivity index (χ0n) is 18.1. The second-order valence-corrected chi connectivity index (χ2v) is 7.96. The Morgan fingerprint density at radius 2 is 1.67 bits per heavy atom. The molecule has 0 spiro atoms. The highest BCUT2D eigenvalue weighted by molar-refractivity contribution is 6.05. The monoisotopic (exact) mass is 404 g/mol. The predicted molar refractivity (Wildman–Crippen MR) is 119 cm³/mol. The Morgan fingerprint density at radius 1 is 1.03 bits per heavy atom. The van der Waals surface area contributed by atoms with Crippen LogP contribution in [0.4, 0.5) is 5.69 Å². The maximum Gasteiger partial charge on any atom is 0.259 e. The van der Waals surface area contributed by atoms with Crippen molar-refractivity contribution in [2.24, 2.45) is 0 Å². The maximum absolute atomic E-state index is 13.0. The van der Waals surface area contributed by atoms with Crippen LogP contribution in [0.15, 0.2) is 54.7 Å². The molecule has 156 valence electrons. The smallest absolute Gasteiger partial charge is 0.259 e. The minimum absolute atomic E-state index is 0.0388. The number of rotatable bonds is 6. The van der Waals surface area contributed by atoms with Gasteiger partial charge in [0.1, 0.15) is 0 Å². The second kappa shape index (κ2) is 8.95. The molecule has 0 radical (unpaired) electrons. The molecule has 0 bridgehead atoms. The fraction of sp³-hybridized carbons (Fsp3) is 0.292. The summed E-state index contributed by atoms with van der Waals surface area (Å²) >= 11 is 0. The van der Waals surface area contributed by atoms with Gasteiger partial charge < -0.3 is 10.2 Å². The van der Waals surface area contributed by atoms with E-state index in [1.807, 2.05) is 60.1 Å². The van der Waals surface area contributed by atoms with E-state index < -0.39 is 0 Å². The van der Waals surface area contributed by atoms with Crippen molar-refractivity contribution in [1.82, 2.24) is 14.7 Å². The molecule has 2 aromatic carbocycles. The normalized spacial score (nSPS) is 10.9. The van der Waals surface area contributed by atoms with Crippen molar-refractivity contribution in [3.63, 3.8) is 0 Å². The number of benzene rings is 2. The molecular weight excluding hydrogens is 376 g/mol. The van der Waals surface area contributed by atoms with Crippen LogP contribution in [0, 0.1) is 6.92 Å². The third-order valence-corrected chi connectivity index (χ3v) is 4.94. The maximum atomic E-state index is 13.0. The summed E-state index contributed by atoms with van der Waals surface area (Å²) in [6.45, 7) is 6.14. The Balaban J connectivity index is 1.80. The largest absolute Gasteiger partial charge is 0.349 e. The van der Waals surface area contributed by atoms with E-state index in [-0.39, 0.29) is 17.7 Å². The van der Waals surface area contributed by atoms with Gasteiger partial charge in [0.2, 0.25) is 5.91 Å². The van der Waals surface area contributed by atoms with Gasteiger partial charge in [-0.2, -0.15) is 5.10 Å². The molecule has 0 aliphatic rings. The predicted octanol–water partition coefficient (Wildman–Crippen LogP) is 4.19. The number of carbonyl (C=O) groups is 2. The van der Waals surface area contributed by atoms with Crippen LogP contribution in [0.25, 0.3) is 5.69 Å². The molecule has 0 saturated heterocycles. The van der Waals surface area contributed by atoms with Crippen LogP contribution in [0.5, 0.6) is 0 Å². The van der Waals surface area contributed by atoms with E-state index in [2.05, 4.69) is 24.3 Å². The van der Waals surface area contributed by atoms with E-state index in [0.29, 0.717) is 17.7 Å². The van der Waals surface area contributed by atoms with Crippen LogP contribution in [0.3, 0.4) is 0 Å². The first kappa shape index (κ1) is 21.3. The molecule has 0 aliphatic heterocycles. The second-order valence-electron chi connectivity index (χ2n) is 7.96. The lowest BCUT2D eigenvalue weighted by Crippen LogP contribution is -2.23. The fourth-order valence-electron chi connectivity index (χ4n) is 3.22. The van der Waals surface area contributed by atoms with Gasteiger partial charge in [0.15, 0.2) is 0 Å². The molecule has 6 nitrogen and oxygen atoms in total. The lowest BCUT2D eigenvalue weighted by atomic mass is 10.0. The highest BCUT2D eigenvalue weighted by atomic mass is 16.2. The molecule has 0 fully saturated rings. The first-order valence-electron chi connectivity index (χ1n) is 10.0. The minimum Gasteiger partial charge on any atom is -0.349 e. The van der Waals surface area contributed by atoms with Crippen LogP contribution < -0.4 is 5.32 Å². The Hall–Kier alpha value is -3.41. The van der Waals surface area contributed by atoms with Gasteiger partial charge in [-0.05, 0) is 42.7 Å². The summed E-state index contributed by atoms with van der Waals surface area (Å²) in [4.78, 5) is 26.4. The SMILES string of the molecule is Cc1ccc(-n2ncc(C(=O)Nc3ccc(CC(=O)N(C)C)cc3)c2C(C)C)cc1. The summed E-state index contributed by atoms with van der Waals surface area (Å²) in [5.41, 5.74) is 5.10. The highest BCUT2D eigenvalue weighted by Gasteiger charge is 2.21. The number of nitrogens with zero attached hydrogens (tertiary/aromatic N) is 3. The number of hydrogen-bond acceptors (Lipinski definition) is 3. The lowest BCUT2D eigenvalue weighted by Gasteiger charge is -2.13. The number of nitrogens with one attached hydrogen (secondary N) is 1. The molecule has 1 aromatic heterocycles.